The highest BCUT2D eigenvalue weighted by Crippen LogP contribution is 2.37. The monoisotopic (exact) mass is 274 g/mol. The van der Waals surface area contributed by atoms with Crippen molar-refractivity contribution in [1.29, 1.82) is 0 Å². The predicted molar refractivity (Wildman–Crippen MR) is 86.6 cm³/mol. The molecule has 2 rings (SSSR count). The molecule has 0 saturated heterocycles. The molecule has 2 heteroatoms. The summed E-state index contributed by atoms with van der Waals surface area (Å²) >= 11 is 0. The molecule has 112 valence electrons. The Balaban J connectivity index is 1.97. The lowest BCUT2D eigenvalue weighted by Gasteiger charge is -2.42. The first kappa shape index (κ1) is 15.5. The Bertz CT molecular complexity index is 403. The van der Waals surface area contributed by atoms with Crippen molar-refractivity contribution in [3.05, 3.63) is 35.9 Å². The van der Waals surface area contributed by atoms with Gasteiger partial charge in [-0.25, -0.2) is 0 Å². The van der Waals surface area contributed by atoms with Crippen molar-refractivity contribution in [3.8, 4) is 0 Å². The highest BCUT2D eigenvalue weighted by atomic mass is 15.2. The zero-order valence-corrected chi connectivity index (χ0v) is 13.5. The topological polar surface area (TPSA) is 29.3 Å². The summed E-state index contributed by atoms with van der Waals surface area (Å²) in [6.45, 7) is 7.04. The third-order valence-electron chi connectivity index (χ3n) is 5.23. The first-order valence-electron chi connectivity index (χ1n) is 7.93. The van der Waals surface area contributed by atoms with Crippen LogP contribution in [0.25, 0.3) is 0 Å². The molecule has 2 atom stereocenters. The van der Waals surface area contributed by atoms with E-state index in [2.05, 4.69) is 57.0 Å². The number of likely N-dealkylation sites (N-methyl/N-ethyl adjacent to an activating group) is 1. The highest BCUT2D eigenvalue weighted by Gasteiger charge is 2.31. The Labute approximate surface area is 124 Å². The van der Waals surface area contributed by atoms with Crippen molar-refractivity contribution in [2.45, 2.75) is 64.6 Å². The van der Waals surface area contributed by atoms with Gasteiger partial charge in [0.25, 0.3) is 0 Å². The molecule has 1 saturated carbocycles. The molecule has 0 heterocycles. The summed E-state index contributed by atoms with van der Waals surface area (Å²) in [5, 5.41) is 0. The molecule has 2 unspecified atom stereocenters. The van der Waals surface area contributed by atoms with E-state index < -0.39 is 0 Å². The zero-order valence-electron chi connectivity index (χ0n) is 13.5. The average molecular weight is 274 g/mol. The SMILES string of the molecule is CC(C(N)c1ccccc1)N(C)C1CCC(C)(C)CC1. The molecule has 0 amide bonds. The van der Waals surface area contributed by atoms with Gasteiger partial charge in [-0.05, 0) is 50.6 Å². The molecule has 2 N–H and O–H groups in total. The first-order chi connectivity index (χ1) is 9.41. The number of hydrogen-bond acceptors (Lipinski definition) is 2. The summed E-state index contributed by atoms with van der Waals surface area (Å²) in [5.74, 6) is 0. The molecular formula is C18H30N2. The van der Waals surface area contributed by atoms with E-state index in [1.165, 1.54) is 31.2 Å². The zero-order chi connectivity index (χ0) is 14.8. The van der Waals surface area contributed by atoms with Crippen LogP contribution in [0.2, 0.25) is 0 Å². The minimum absolute atomic E-state index is 0.0936. The van der Waals surface area contributed by atoms with Crippen molar-refractivity contribution < 1.29 is 0 Å². The summed E-state index contributed by atoms with van der Waals surface area (Å²) in [6, 6.07) is 11.6. The lowest BCUT2D eigenvalue weighted by atomic mass is 9.75. The van der Waals surface area contributed by atoms with E-state index in [1.54, 1.807) is 0 Å². The summed E-state index contributed by atoms with van der Waals surface area (Å²) in [4.78, 5) is 2.51. The molecule has 2 nitrogen and oxygen atoms in total. The fourth-order valence-corrected chi connectivity index (χ4v) is 3.33. The molecule has 1 aromatic carbocycles. The van der Waals surface area contributed by atoms with Crippen LogP contribution in [0.3, 0.4) is 0 Å². The normalized spacial score (nSPS) is 22.7. The summed E-state index contributed by atoms with van der Waals surface area (Å²) in [7, 11) is 2.25. The molecule has 20 heavy (non-hydrogen) atoms. The van der Waals surface area contributed by atoms with Crippen LogP contribution < -0.4 is 5.73 Å². The van der Waals surface area contributed by atoms with Gasteiger partial charge in [0, 0.05) is 18.1 Å². The van der Waals surface area contributed by atoms with E-state index >= 15 is 0 Å². The maximum atomic E-state index is 6.46. The van der Waals surface area contributed by atoms with Gasteiger partial charge in [0.15, 0.2) is 0 Å². The number of benzene rings is 1. The summed E-state index contributed by atoms with van der Waals surface area (Å²) in [5.41, 5.74) is 8.23. The van der Waals surface area contributed by atoms with Crippen LogP contribution in [-0.2, 0) is 0 Å². The van der Waals surface area contributed by atoms with Gasteiger partial charge in [0.2, 0.25) is 0 Å². The molecule has 1 fully saturated rings. The number of hydrogen-bond donors (Lipinski definition) is 1. The van der Waals surface area contributed by atoms with Gasteiger partial charge < -0.3 is 5.73 Å². The van der Waals surface area contributed by atoms with Gasteiger partial charge in [-0.2, -0.15) is 0 Å². The number of rotatable bonds is 4. The van der Waals surface area contributed by atoms with E-state index in [0.717, 1.165) is 0 Å². The Kier molecular flexibility index (Phi) is 4.87. The quantitative estimate of drug-likeness (QED) is 0.900. The third-order valence-corrected chi connectivity index (χ3v) is 5.23. The maximum absolute atomic E-state index is 6.46. The second-order valence-corrected chi connectivity index (χ2v) is 7.24. The van der Waals surface area contributed by atoms with Gasteiger partial charge in [-0.15, -0.1) is 0 Å². The summed E-state index contributed by atoms with van der Waals surface area (Å²) in [6.07, 6.45) is 5.26. The van der Waals surface area contributed by atoms with E-state index in [9.17, 15) is 0 Å². The number of nitrogens with zero attached hydrogens (tertiary/aromatic N) is 1. The maximum Gasteiger partial charge on any atom is 0.0450 e. The van der Waals surface area contributed by atoms with Crippen molar-refractivity contribution in [1.82, 2.24) is 4.90 Å². The Morgan fingerprint density at radius 3 is 2.25 bits per heavy atom. The Morgan fingerprint density at radius 1 is 1.15 bits per heavy atom. The lowest BCUT2D eigenvalue weighted by Crippen LogP contribution is -2.46. The van der Waals surface area contributed by atoms with Crippen LogP contribution in [-0.4, -0.2) is 24.0 Å². The van der Waals surface area contributed by atoms with Crippen LogP contribution in [0.5, 0.6) is 0 Å². The van der Waals surface area contributed by atoms with Crippen molar-refractivity contribution in [2.75, 3.05) is 7.05 Å². The van der Waals surface area contributed by atoms with E-state index in [0.29, 0.717) is 17.5 Å². The highest BCUT2D eigenvalue weighted by molar-refractivity contribution is 5.20. The molecule has 0 aromatic heterocycles. The fourth-order valence-electron chi connectivity index (χ4n) is 3.33. The predicted octanol–water partition coefficient (Wildman–Crippen LogP) is 3.98. The van der Waals surface area contributed by atoms with E-state index in [1.807, 2.05) is 6.07 Å². The Morgan fingerprint density at radius 2 is 1.70 bits per heavy atom. The molecule has 0 spiro atoms. The Hall–Kier alpha value is -0.860. The summed E-state index contributed by atoms with van der Waals surface area (Å²) < 4.78 is 0. The van der Waals surface area contributed by atoms with Crippen LogP contribution in [0.4, 0.5) is 0 Å². The largest absolute Gasteiger partial charge is 0.323 e. The van der Waals surface area contributed by atoms with Gasteiger partial charge in [0.05, 0.1) is 0 Å². The van der Waals surface area contributed by atoms with Crippen LogP contribution >= 0.6 is 0 Å². The van der Waals surface area contributed by atoms with Crippen molar-refractivity contribution in [3.63, 3.8) is 0 Å². The molecule has 1 aliphatic carbocycles. The molecular weight excluding hydrogens is 244 g/mol. The van der Waals surface area contributed by atoms with Crippen molar-refractivity contribution >= 4 is 0 Å². The van der Waals surface area contributed by atoms with Gasteiger partial charge >= 0.3 is 0 Å². The van der Waals surface area contributed by atoms with Gasteiger partial charge in [0.1, 0.15) is 0 Å². The first-order valence-corrected chi connectivity index (χ1v) is 7.93. The van der Waals surface area contributed by atoms with Crippen molar-refractivity contribution in [2.24, 2.45) is 11.1 Å². The fraction of sp³-hybridized carbons (Fsp3) is 0.667. The minimum Gasteiger partial charge on any atom is -0.323 e. The van der Waals surface area contributed by atoms with Gasteiger partial charge in [-0.3, -0.25) is 4.90 Å². The van der Waals surface area contributed by atoms with Crippen LogP contribution in [0.15, 0.2) is 30.3 Å². The molecule has 1 aliphatic rings. The molecule has 0 aliphatic heterocycles. The molecule has 1 aromatic rings. The lowest BCUT2D eigenvalue weighted by molar-refractivity contribution is 0.0904. The third kappa shape index (κ3) is 3.62. The van der Waals surface area contributed by atoms with E-state index in [-0.39, 0.29) is 6.04 Å². The van der Waals surface area contributed by atoms with E-state index in [4.69, 9.17) is 5.73 Å². The smallest absolute Gasteiger partial charge is 0.0450 e. The average Bonchev–Trinajstić information content (AvgIpc) is 2.46. The van der Waals surface area contributed by atoms with Crippen LogP contribution in [0.1, 0.15) is 58.1 Å². The second kappa shape index (κ2) is 6.28. The molecule has 0 bridgehead atoms. The van der Waals surface area contributed by atoms with Gasteiger partial charge in [-0.1, -0.05) is 44.2 Å². The standard InChI is InChI=1S/C18H30N2/c1-14(17(19)15-8-6-5-7-9-15)20(4)16-10-12-18(2,3)13-11-16/h5-9,14,16-17H,10-13,19H2,1-4H3. The van der Waals surface area contributed by atoms with Crippen LogP contribution in [0, 0.1) is 5.41 Å². The number of nitrogens with two attached hydrogens (primary N) is 1. The second-order valence-electron chi connectivity index (χ2n) is 7.24. The molecule has 0 radical (unpaired) electrons. The minimum atomic E-state index is 0.0936.